The molecule has 6 nitrogen and oxygen atoms in total. The van der Waals surface area contributed by atoms with Crippen LogP contribution in [-0.4, -0.2) is 49.4 Å². The lowest BCUT2D eigenvalue weighted by Crippen LogP contribution is -2.40. The lowest BCUT2D eigenvalue weighted by Gasteiger charge is -2.18. The van der Waals surface area contributed by atoms with E-state index in [1.165, 1.54) is 16.0 Å². The summed E-state index contributed by atoms with van der Waals surface area (Å²) >= 11 is 0. The first-order valence-corrected chi connectivity index (χ1v) is 10.6. The minimum atomic E-state index is -0.0960. The summed E-state index contributed by atoms with van der Waals surface area (Å²) in [7, 11) is 1.75. The van der Waals surface area contributed by atoms with Gasteiger partial charge in [-0.3, -0.25) is 19.5 Å². The zero-order valence-corrected chi connectivity index (χ0v) is 20.0. The van der Waals surface area contributed by atoms with Gasteiger partial charge in [-0.25, -0.2) is 0 Å². The fraction of sp³-hybridized carbons (Fsp3) is 0.522. The third kappa shape index (κ3) is 4.40. The van der Waals surface area contributed by atoms with Crippen LogP contribution in [0.4, 0.5) is 0 Å². The van der Waals surface area contributed by atoms with Crippen molar-refractivity contribution in [1.82, 2.24) is 15.5 Å². The van der Waals surface area contributed by atoms with Gasteiger partial charge >= 0.3 is 0 Å². The number of carbonyl (C=O) groups excluding carboxylic acids is 2. The van der Waals surface area contributed by atoms with E-state index < -0.39 is 0 Å². The van der Waals surface area contributed by atoms with Crippen molar-refractivity contribution < 1.29 is 9.59 Å². The Morgan fingerprint density at radius 2 is 1.70 bits per heavy atom. The van der Waals surface area contributed by atoms with Crippen LogP contribution in [-0.2, 0) is 16.0 Å². The van der Waals surface area contributed by atoms with Crippen LogP contribution in [0.2, 0.25) is 0 Å². The number of carbonyl (C=O) groups is 2. The summed E-state index contributed by atoms with van der Waals surface area (Å²) in [5.74, 6) is 1.19. The Morgan fingerprint density at radius 1 is 1.07 bits per heavy atom. The van der Waals surface area contributed by atoms with Gasteiger partial charge in [0.1, 0.15) is 0 Å². The number of aryl methyl sites for hydroxylation is 1. The monoisotopic (exact) mass is 522 g/mol. The van der Waals surface area contributed by atoms with Gasteiger partial charge in [0.25, 0.3) is 0 Å². The second-order valence-electron chi connectivity index (χ2n) is 8.28. The van der Waals surface area contributed by atoms with Gasteiger partial charge in [-0.1, -0.05) is 36.4 Å². The third-order valence-corrected chi connectivity index (χ3v) is 6.58. The minimum Gasteiger partial charge on any atom is -0.356 e. The molecular formula is C23H31IN4O2. The molecule has 2 aliphatic carbocycles. The van der Waals surface area contributed by atoms with Gasteiger partial charge < -0.3 is 10.6 Å². The van der Waals surface area contributed by atoms with E-state index in [1.807, 2.05) is 0 Å². The molecule has 1 aromatic rings. The molecule has 4 rings (SSSR count). The van der Waals surface area contributed by atoms with Gasteiger partial charge in [0.2, 0.25) is 11.8 Å². The zero-order chi connectivity index (χ0) is 20.4. The maximum atomic E-state index is 12.7. The van der Waals surface area contributed by atoms with E-state index >= 15 is 0 Å². The van der Waals surface area contributed by atoms with Crippen molar-refractivity contribution in [3.8, 4) is 0 Å². The highest BCUT2D eigenvalue weighted by molar-refractivity contribution is 14.0. The van der Waals surface area contributed by atoms with E-state index in [1.54, 1.807) is 7.05 Å². The van der Waals surface area contributed by atoms with E-state index in [9.17, 15) is 9.59 Å². The number of likely N-dealkylation sites (tertiary alicyclic amines) is 1. The van der Waals surface area contributed by atoms with Crippen molar-refractivity contribution in [3.05, 3.63) is 47.5 Å². The molecule has 162 valence electrons. The Labute approximate surface area is 195 Å². The molecule has 0 radical (unpaired) electrons. The number of hydrogen-bond donors (Lipinski definition) is 2. The summed E-state index contributed by atoms with van der Waals surface area (Å²) < 4.78 is 0. The molecule has 4 unspecified atom stereocenters. The largest absolute Gasteiger partial charge is 0.356 e. The maximum absolute atomic E-state index is 12.7. The van der Waals surface area contributed by atoms with Crippen LogP contribution >= 0.6 is 24.0 Å². The quantitative estimate of drug-likeness (QED) is 0.144. The minimum absolute atomic E-state index is 0. The molecule has 1 saturated heterocycles. The van der Waals surface area contributed by atoms with Gasteiger partial charge in [0.15, 0.2) is 5.96 Å². The lowest BCUT2D eigenvalue weighted by atomic mass is 9.85. The average molecular weight is 522 g/mol. The number of nitrogens with zero attached hydrogens (tertiary/aromatic N) is 2. The number of rotatable bonds is 7. The van der Waals surface area contributed by atoms with Gasteiger partial charge in [-0.15, -0.1) is 24.0 Å². The number of hydrogen-bond acceptors (Lipinski definition) is 3. The smallest absolute Gasteiger partial charge is 0.233 e. The van der Waals surface area contributed by atoms with Gasteiger partial charge in [-0.2, -0.15) is 0 Å². The van der Waals surface area contributed by atoms with Crippen LogP contribution < -0.4 is 10.6 Å². The SMILES string of the molecule is CN=C(NCCCN1C(=O)C2C3C=CC(C3)C2C1=O)NCCc1ccccc1C.I. The number of fused-ring (bicyclic) bond motifs is 5. The van der Waals surface area contributed by atoms with Crippen molar-refractivity contribution in [2.24, 2.45) is 28.7 Å². The van der Waals surface area contributed by atoms with Crippen molar-refractivity contribution in [2.75, 3.05) is 26.7 Å². The van der Waals surface area contributed by atoms with Crippen LogP contribution in [0.5, 0.6) is 0 Å². The van der Waals surface area contributed by atoms with Crippen molar-refractivity contribution in [3.63, 3.8) is 0 Å². The number of benzene rings is 1. The van der Waals surface area contributed by atoms with Gasteiger partial charge in [0, 0.05) is 26.7 Å². The van der Waals surface area contributed by atoms with Crippen molar-refractivity contribution in [2.45, 2.75) is 26.2 Å². The van der Waals surface area contributed by atoms with Crippen molar-refractivity contribution in [1.29, 1.82) is 0 Å². The molecule has 7 heteroatoms. The summed E-state index contributed by atoms with van der Waals surface area (Å²) in [6.45, 7) is 4.07. The number of amides is 2. The Morgan fingerprint density at radius 3 is 2.33 bits per heavy atom. The van der Waals surface area contributed by atoms with E-state index in [0.29, 0.717) is 13.1 Å². The van der Waals surface area contributed by atoms with E-state index in [2.05, 4.69) is 59.0 Å². The highest BCUT2D eigenvalue weighted by Crippen LogP contribution is 2.52. The summed E-state index contributed by atoms with van der Waals surface area (Å²) in [5.41, 5.74) is 2.63. The van der Waals surface area contributed by atoms with Crippen LogP contribution in [0.15, 0.2) is 41.4 Å². The number of aliphatic imine (C=N–C) groups is 1. The number of imide groups is 1. The molecule has 2 N–H and O–H groups in total. The van der Waals surface area contributed by atoms with E-state index in [4.69, 9.17) is 0 Å². The fourth-order valence-electron chi connectivity index (χ4n) is 5.06. The van der Waals surface area contributed by atoms with Gasteiger partial charge in [-0.05, 0) is 49.1 Å². The van der Waals surface area contributed by atoms with Crippen LogP contribution in [0, 0.1) is 30.6 Å². The maximum Gasteiger partial charge on any atom is 0.233 e. The molecule has 2 fully saturated rings. The highest BCUT2D eigenvalue weighted by Gasteiger charge is 2.58. The summed E-state index contributed by atoms with van der Waals surface area (Å²) in [6, 6.07) is 8.39. The van der Waals surface area contributed by atoms with Gasteiger partial charge in [0.05, 0.1) is 11.8 Å². The fourth-order valence-corrected chi connectivity index (χ4v) is 5.06. The molecule has 1 heterocycles. The number of allylic oxidation sites excluding steroid dienone is 2. The highest BCUT2D eigenvalue weighted by atomic mass is 127. The Balaban J connectivity index is 0.00000256. The molecule has 0 aromatic heterocycles. The predicted octanol–water partition coefficient (Wildman–Crippen LogP) is 2.52. The van der Waals surface area contributed by atoms with E-state index in [0.717, 1.165) is 31.8 Å². The molecule has 30 heavy (non-hydrogen) atoms. The first kappa shape index (κ1) is 22.8. The Kier molecular flexibility index (Phi) is 7.55. The molecule has 4 atom stereocenters. The van der Waals surface area contributed by atoms with E-state index in [-0.39, 0.29) is 59.5 Å². The van der Waals surface area contributed by atoms with Crippen LogP contribution in [0.25, 0.3) is 0 Å². The summed E-state index contributed by atoms with van der Waals surface area (Å²) in [6.07, 6.45) is 6.90. The molecule has 3 aliphatic rings. The number of guanidine groups is 1. The zero-order valence-electron chi connectivity index (χ0n) is 17.6. The normalized spacial score (nSPS) is 26.7. The second kappa shape index (κ2) is 9.94. The molecule has 0 spiro atoms. The first-order valence-electron chi connectivity index (χ1n) is 10.6. The lowest BCUT2D eigenvalue weighted by molar-refractivity contribution is -0.140. The second-order valence-corrected chi connectivity index (χ2v) is 8.28. The standard InChI is InChI=1S/C23H30N4O2.HI/c1-15-6-3-4-7-16(15)10-12-26-23(24-2)25-11-5-13-27-21(28)19-17-8-9-18(14-17)20(19)22(27)29;/h3-4,6-9,17-20H,5,10-14H2,1-2H3,(H2,24,25,26);1H. The Bertz CT molecular complexity index is 823. The predicted molar refractivity (Wildman–Crippen MR) is 129 cm³/mol. The summed E-state index contributed by atoms with van der Waals surface area (Å²) in [4.78, 5) is 31.1. The number of halogens is 1. The molecule has 1 aromatic carbocycles. The van der Waals surface area contributed by atoms with Crippen molar-refractivity contribution >= 4 is 41.8 Å². The summed E-state index contributed by atoms with van der Waals surface area (Å²) in [5, 5.41) is 6.61. The molecule has 2 amide bonds. The number of nitrogens with one attached hydrogen (secondary N) is 2. The molecule has 2 bridgehead atoms. The molecule has 1 saturated carbocycles. The third-order valence-electron chi connectivity index (χ3n) is 6.58. The average Bonchev–Trinajstić information content (AvgIpc) is 3.40. The molecular weight excluding hydrogens is 491 g/mol. The topological polar surface area (TPSA) is 73.8 Å². The molecule has 1 aliphatic heterocycles. The first-order chi connectivity index (χ1) is 14.1. The van der Waals surface area contributed by atoms with Crippen LogP contribution in [0.1, 0.15) is 24.0 Å². The van der Waals surface area contributed by atoms with Crippen LogP contribution in [0.3, 0.4) is 0 Å². The Hall–Kier alpha value is -1.90.